The summed E-state index contributed by atoms with van der Waals surface area (Å²) in [5, 5.41) is 2.90. The quantitative estimate of drug-likeness (QED) is 0.911. The molecule has 1 aromatic heterocycles. The number of hydrogen-bond donors (Lipinski definition) is 1. The van der Waals surface area contributed by atoms with Gasteiger partial charge in [-0.1, -0.05) is 6.07 Å². The molecule has 1 aromatic carbocycles. The van der Waals surface area contributed by atoms with Crippen LogP contribution in [0.4, 0.5) is 24.8 Å². The summed E-state index contributed by atoms with van der Waals surface area (Å²) in [7, 11) is 1.59. The summed E-state index contributed by atoms with van der Waals surface area (Å²) in [6.07, 6.45) is -1.03. The van der Waals surface area contributed by atoms with Gasteiger partial charge in [-0.2, -0.15) is 13.2 Å². The van der Waals surface area contributed by atoms with Gasteiger partial charge in [0.15, 0.2) is 0 Å². The first-order valence-corrected chi connectivity index (χ1v) is 6.38. The van der Waals surface area contributed by atoms with E-state index >= 15 is 0 Å². The molecule has 0 spiro atoms. The Morgan fingerprint density at radius 3 is 2.81 bits per heavy atom. The lowest BCUT2D eigenvalue weighted by Crippen LogP contribution is -2.13. The standard InChI is InChI=1S/C14H16F3N3O/c1-10(9-21-2)20-7-6-18-13(20)19-12-5-3-4-11(8-12)14(15,16)17/h3-8,10H,9H2,1-2H3,(H,18,19). The van der Waals surface area contributed by atoms with E-state index in [1.54, 1.807) is 25.6 Å². The van der Waals surface area contributed by atoms with Crippen LogP contribution in [0, 0.1) is 0 Å². The molecule has 1 unspecified atom stereocenters. The van der Waals surface area contributed by atoms with Gasteiger partial charge in [-0.3, -0.25) is 0 Å². The predicted octanol–water partition coefficient (Wildman–Crippen LogP) is 3.85. The van der Waals surface area contributed by atoms with Crippen molar-refractivity contribution in [3.8, 4) is 0 Å². The Balaban J connectivity index is 2.21. The second-order valence-electron chi connectivity index (χ2n) is 4.67. The average molecular weight is 299 g/mol. The number of hydrogen-bond acceptors (Lipinski definition) is 3. The highest BCUT2D eigenvalue weighted by Gasteiger charge is 2.30. The lowest BCUT2D eigenvalue weighted by molar-refractivity contribution is -0.137. The van der Waals surface area contributed by atoms with Crippen molar-refractivity contribution in [1.29, 1.82) is 0 Å². The number of ether oxygens (including phenoxy) is 1. The lowest BCUT2D eigenvalue weighted by Gasteiger charge is -2.16. The third-order valence-electron chi connectivity index (χ3n) is 3.00. The molecule has 0 saturated heterocycles. The minimum Gasteiger partial charge on any atom is -0.383 e. The normalized spacial score (nSPS) is 13.2. The van der Waals surface area contributed by atoms with Gasteiger partial charge < -0.3 is 14.6 Å². The Morgan fingerprint density at radius 2 is 2.14 bits per heavy atom. The first-order chi connectivity index (χ1) is 9.91. The highest BCUT2D eigenvalue weighted by molar-refractivity contribution is 5.55. The van der Waals surface area contributed by atoms with Gasteiger partial charge in [0, 0.05) is 25.2 Å². The van der Waals surface area contributed by atoms with Crippen LogP contribution in [-0.4, -0.2) is 23.3 Å². The van der Waals surface area contributed by atoms with Gasteiger partial charge in [0.2, 0.25) is 5.95 Å². The molecule has 0 fully saturated rings. The van der Waals surface area contributed by atoms with Crippen molar-refractivity contribution in [3.05, 3.63) is 42.2 Å². The first kappa shape index (κ1) is 15.4. The minimum atomic E-state index is -4.36. The van der Waals surface area contributed by atoms with E-state index in [0.29, 0.717) is 18.2 Å². The van der Waals surface area contributed by atoms with E-state index in [9.17, 15) is 13.2 Å². The van der Waals surface area contributed by atoms with Crippen LogP contribution in [-0.2, 0) is 10.9 Å². The van der Waals surface area contributed by atoms with E-state index in [4.69, 9.17) is 4.74 Å². The number of halogens is 3. The number of alkyl halides is 3. The zero-order valence-electron chi connectivity index (χ0n) is 11.7. The average Bonchev–Trinajstić information content (AvgIpc) is 2.86. The highest BCUT2D eigenvalue weighted by atomic mass is 19.4. The number of nitrogens with zero attached hydrogens (tertiary/aromatic N) is 2. The van der Waals surface area contributed by atoms with E-state index < -0.39 is 11.7 Å². The largest absolute Gasteiger partial charge is 0.416 e. The van der Waals surface area contributed by atoms with Gasteiger partial charge in [-0.15, -0.1) is 0 Å². The van der Waals surface area contributed by atoms with Gasteiger partial charge in [-0.05, 0) is 25.1 Å². The van der Waals surface area contributed by atoms with Gasteiger partial charge in [0.25, 0.3) is 0 Å². The number of methoxy groups -OCH3 is 1. The van der Waals surface area contributed by atoms with E-state index in [0.717, 1.165) is 12.1 Å². The molecule has 1 heterocycles. The molecule has 7 heteroatoms. The molecule has 0 saturated carbocycles. The van der Waals surface area contributed by atoms with E-state index in [-0.39, 0.29) is 6.04 Å². The van der Waals surface area contributed by atoms with Crippen LogP contribution in [0.5, 0.6) is 0 Å². The summed E-state index contributed by atoms with van der Waals surface area (Å²) in [5.74, 6) is 0.471. The fourth-order valence-corrected chi connectivity index (χ4v) is 1.99. The molecule has 2 rings (SSSR count). The molecule has 1 atom stereocenters. The number of nitrogens with one attached hydrogen (secondary N) is 1. The second kappa shape index (κ2) is 6.17. The molecule has 0 bridgehead atoms. The van der Waals surface area contributed by atoms with Crippen molar-refractivity contribution in [2.45, 2.75) is 19.1 Å². The number of benzene rings is 1. The van der Waals surface area contributed by atoms with Crippen molar-refractivity contribution >= 4 is 11.6 Å². The molecule has 0 aliphatic rings. The monoisotopic (exact) mass is 299 g/mol. The molecule has 0 aliphatic heterocycles. The third kappa shape index (κ3) is 3.75. The maximum atomic E-state index is 12.7. The fourth-order valence-electron chi connectivity index (χ4n) is 1.99. The Kier molecular flexibility index (Phi) is 4.52. The zero-order valence-corrected chi connectivity index (χ0v) is 11.7. The topological polar surface area (TPSA) is 39.1 Å². The number of rotatable bonds is 5. The van der Waals surface area contributed by atoms with Gasteiger partial charge in [0.05, 0.1) is 18.2 Å². The van der Waals surface area contributed by atoms with Crippen LogP contribution >= 0.6 is 0 Å². The Bertz CT molecular complexity index is 595. The van der Waals surface area contributed by atoms with Crippen LogP contribution in [0.2, 0.25) is 0 Å². The number of imidazole rings is 1. The van der Waals surface area contributed by atoms with Gasteiger partial charge in [-0.25, -0.2) is 4.98 Å². The predicted molar refractivity (Wildman–Crippen MR) is 73.5 cm³/mol. The molecule has 0 aliphatic carbocycles. The molecular weight excluding hydrogens is 283 g/mol. The number of aromatic nitrogens is 2. The van der Waals surface area contributed by atoms with Crippen molar-refractivity contribution in [2.24, 2.45) is 0 Å². The Labute approximate surface area is 120 Å². The van der Waals surface area contributed by atoms with Crippen LogP contribution in [0.3, 0.4) is 0 Å². The molecule has 114 valence electrons. The van der Waals surface area contributed by atoms with Crippen LogP contribution < -0.4 is 5.32 Å². The summed E-state index contributed by atoms with van der Waals surface area (Å²) in [5.41, 5.74) is -0.363. The summed E-state index contributed by atoms with van der Waals surface area (Å²) >= 11 is 0. The van der Waals surface area contributed by atoms with Crippen LogP contribution in [0.15, 0.2) is 36.7 Å². The molecule has 0 radical (unpaired) electrons. The molecular formula is C14H16F3N3O. The summed E-state index contributed by atoms with van der Waals surface area (Å²) in [4.78, 5) is 4.12. The summed E-state index contributed by atoms with van der Waals surface area (Å²) in [6.45, 7) is 2.41. The van der Waals surface area contributed by atoms with Crippen LogP contribution in [0.25, 0.3) is 0 Å². The van der Waals surface area contributed by atoms with Gasteiger partial charge in [0.1, 0.15) is 0 Å². The molecule has 1 N–H and O–H groups in total. The number of anilines is 2. The maximum Gasteiger partial charge on any atom is 0.416 e. The molecule has 4 nitrogen and oxygen atoms in total. The van der Waals surface area contributed by atoms with Crippen molar-refractivity contribution in [2.75, 3.05) is 19.0 Å². The Hall–Kier alpha value is -2.02. The smallest absolute Gasteiger partial charge is 0.383 e. The third-order valence-corrected chi connectivity index (χ3v) is 3.00. The molecule has 2 aromatic rings. The summed E-state index contributed by atoms with van der Waals surface area (Å²) in [6, 6.07) is 5.03. The lowest BCUT2D eigenvalue weighted by atomic mass is 10.2. The second-order valence-corrected chi connectivity index (χ2v) is 4.67. The van der Waals surface area contributed by atoms with E-state index in [1.807, 2.05) is 11.5 Å². The van der Waals surface area contributed by atoms with Crippen molar-refractivity contribution in [1.82, 2.24) is 9.55 Å². The van der Waals surface area contributed by atoms with Crippen LogP contribution in [0.1, 0.15) is 18.5 Å². The maximum absolute atomic E-state index is 12.7. The Morgan fingerprint density at radius 1 is 1.38 bits per heavy atom. The van der Waals surface area contributed by atoms with Crippen molar-refractivity contribution < 1.29 is 17.9 Å². The van der Waals surface area contributed by atoms with E-state index in [1.165, 1.54) is 6.07 Å². The molecule has 0 amide bonds. The first-order valence-electron chi connectivity index (χ1n) is 6.38. The minimum absolute atomic E-state index is 0.0193. The fraction of sp³-hybridized carbons (Fsp3) is 0.357. The SMILES string of the molecule is COCC(C)n1ccnc1Nc1cccc(C(F)(F)F)c1. The highest BCUT2D eigenvalue weighted by Crippen LogP contribution is 2.31. The van der Waals surface area contributed by atoms with Crippen molar-refractivity contribution in [3.63, 3.8) is 0 Å². The summed E-state index contributed by atoms with van der Waals surface area (Å²) < 4.78 is 44.9. The van der Waals surface area contributed by atoms with E-state index in [2.05, 4.69) is 10.3 Å². The van der Waals surface area contributed by atoms with Gasteiger partial charge >= 0.3 is 6.18 Å². The molecule has 21 heavy (non-hydrogen) atoms. The zero-order chi connectivity index (χ0) is 15.5.